The average molecular weight is 213 g/mol. The Hall–Kier alpha value is -1.16. The van der Waals surface area contributed by atoms with Gasteiger partial charge in [-0.2, -0.15) is 0 Å². The van der Waals surface area contributed by atoms with E-state index in [-0.39, 0.29) is 18.3 Å². The Morgan fingerprint density at radius 1 is 1.33 bits per heavy atom. The minimum Gasteiger partial charge on any atom is -0.409 e. The maximum absolute atomic E-state index is 13.0. The van der Waals surface area contributed by atoms with E-state index in [9.17, 15) is 8.78 Å². The standard InChI is InChI=1S/C11H11F2O2/c12-11(13,14-8-9-6-7-9)15-10-4-2-1-3-5-10/h2-5,9H,6-8H2. The van der Waals surface area contributed by atoms with Crippen LogP contribution in [-0.4, -0.2) is 12.9 Å². The van der Waals surface area contributed by atoms with Crippen LogP contribution in [0.1, 0.15) is 12.8 Å². The summed E-state index contributed by atoms with van der Waals surface area (Å²) in [4.78, 5) is 0. The van der Waals surface area contributed by atoms with Crippen LogP contribution >= 0.6 is 0 Å². The molecule has 1 fully saturated rings. The molecule has 1 saturated carbocycles. The Kier molecular flexibility index (Phi) is 2.86. The van der Waals surface area contributed by atoms with Gasteiger partial charge in [-0.05, 0) is 37.0 Å². The van der Waals surface area contributed by atoms with Gasteiger partial charge in [-0.3, -0.25) is 4.74 Å². The number of alkyl halides is 2. The molecule has 1 aliphatic rings. The van der Waals surface area contributed by atoms with Gasteiger partial charge < -0.3 is 4.74 Å². The van der Waals surface area contributed by atoms with Gasteiger partial charge in [-0.25, -0.2) is 0 Å². The summed E-state index contributed by atoms with van der Waals surface area (Å²) in [6.45, 7) is 0.0615. The van der Waals surface area contributed by atoms with Crippen molar-refractivity contribution >= 4 is 0 Å². The maximum Gasteiger partial charge on any atom is 0.535 e. The highest BCUT2D eigenvalue weighted by atomic mass is 19.3. The minimum absolute atomic E-state index is 0.0615. The van der Waals surface area contributed by atoms with Crippen LogP contribution in [0.4, 0.5) is 8.78 Å². The topological polar surface area (TPSA) is 18.5 Å². The van der Waals surface area contributed by atoms with Crippen LogP contribution in [0.25, 0.3) is 0 Å². The summed E-state index contributed by atoms with van der Waals surface area (Å²) in [7, 11) is 0. The van der Waals surface area contributed by atoms with Crippen molar-refractivity contribution in [1.82, 2.24) is 0 Å². The van der Waals surface area contributed by atoms with Crippen molar-refractivity contribution < 1.29 is 18.3 Å². The third-order valence-corrected chi connectivity index (χ3v) is 2.11. The normalized spacial score (nSPS) is 16.4. The first-order valence-corrected chi connectivity index (χ1v) is 4.83. The second kappa shape index (κ2) is 4.14. The SMILES string of the molecule is FC(F)(OCC1CC1)Oc1cc[c]cc1. The molecule has 1 radical (unpaired) electrons. The van der Waals surface area contributed by atoms with E-state index in [1.54, 1.807) is 0 Å². The molecule has 15 heavy (non-hydrogen) atoms. The highest BCUT2D eigenvalue weighted by molar-refractivity contribution is 5.20. The first kappa shape index (κ1) is 10.4. The van der Waals surface area contributed by atoms with Crippen molar-refractivity contribution in [3.05, 3.63) is 30.3 Å². The van der Waals surface area contributed by atoms with Gasteiger partial charge in [0, 0.05) is 0 Å². The van der Waals surface area contributed by atoms with Gasteiger partial charge in [0.25, 0.3) is 0 Å². The molecular formula is C11H11F2O2. The lowest BCUT2D eigenvalue weighted by Crippen LogP contribution is -2.29. The second-order valence-corrected chi connectivity index (χ2v) is 3.56. The molecule has 0 heterocycles. The monoisotopic (exact) mass is 213 g/mol. The molecule has 0 aromatic heterocycles. The van der Waals surface area contributed by atoms with E-state index >= 15 is 0 Å². The van der Waals surface area contributed by atoms with Crippen molar-refractivity contribution in [3.8, 4) is 5.75 Å². The Balaban J connectivity index is 1.85. The number of halogens is 2. The van der Waals surface area contributed by atoms with E-state index < -0.39 is 6.29 Å². The van der Waals surface area contributed by atoms with Crippen LogP contribution < -0.4 is 4.74 Å². The molecule has 0 aliphatic heterocycles. The second-order valence-electron chi connectivity index (χ2n) is 3.56. The summed E-state index contributed by atoms with van der Waals surface area (Å²) in [5, 5.41) is 0. The number of rotatable bonds is 5. The molecule has 0 bridgehead atoms. The average Bonchev–Trinajstić information content (AvgIpc) is 2.99. The van der Waals surface area contributed by atoms with Gasteiger partial charge in [0.15, 0.2) is 0 Å². The molecule has 0 saturated heterocycles. The van der Waals surface area contributed by atoms with Crippen molar-refractivity contribution in [2.75, 3.05) is 6.61 Å². The minimum atomic E-state index is -3.54. The third kappa shape index (κ3) is 3.47. The molecular weight excluding hydrogens is 202 g/mol. The van der Waals surface area contributed by atoms with Crippen LogP contribution in [0.15, 0.2) is 24.3 Å². The van der Waals surface area contributed by atoms with Crippen molar-refractivity contribution in [2.24, 2.45) is 5.92 Å². The smallest absolute Gasteiger partial charge is 0.409 e. The summed E-state index contributed by atoms with van der Waals surface area (Å²) >= 11 is 0. The Bertz CT molecular complexity index is 310. The molecule has 2 nitrogen and oxygen atoms in total. The first-order valence-electron chi connectivity index (χ1n) is 4.83. The van der Waals surface area contributed by atoms with E-state index in [4.69, 9.17) is 0 Å². The lowest BCUT2D eigenvalue weighted by Gasteiger charge is -2.17. The molecule has 1 aromatic rings. The quantitative estimate of drug-likeness (QED) is 0.700. The number of ether oxygens (including phenoxy) is 2. The van der Waals surface area contributed by atoms with Crippen molar-refractivity contribution in [2.45, 2.75) is 19.1 Å². The number of hydrogen-bond donors (Lipinski definition) is 0. The lowest BCUT2D eigenvalue weighted by molar-refractivity contribution is -0.354. The molecule has 4 heteroatoms. The molecule has 1 aliphatic carbocycles. The summed E-state index contributed by atoms with van der Waals surface area (Å²) in [6.07, 6.45) is -1.60. The van der Waals surface area contributed by atoms with Gasteiger partial charge >= 0.3 is 6.29 Å². The fourth-order valence-corrected chi connectivity index (χ4v) is 1.11. The zero-order chi connectivity index (χ0) is 10.7. The zero-order valence-corrected chi connectivity index (χ0v) is 8.08. The molecule has 81 valence electrons. The van der Waals surface area contributed by atoms with Gasteiger partial charge in [-0.1, -0.05) is 12.1 Å². The summed E-state index contributed by atoms with van der Waals surface area (Å²) in [6, 6.07) is 8.55. The fraction of sp³-hybridized carbons (Fsp3) is 0.455. The molecule has 1 aromatic carbocycles. The van der Waals surface area contributed by atoms with E-state index in [0.29, 0.717) is 0 Å². The van der Waals surface area contributed by atoms with Gasteiger partial charge in [0.1, 0.15) is 5.75 Å². The third-order valence-electron chi connectivity index (χ3n) is 2.11. The van der Waals surface area contributed by atoms with Crippen LogP contribution in [0.2, 0.25) is 0 Å². The Labute approximate surface area is 86.8 Å². The maximum atomic E-state index is 13.0. The van der Waals surface area contributed by atoms with Crippen LogP contribution in [0.3, 0.4) is 0 Å². The highest BCUT2D eigenvalue weighted by Gasteiger charge is 2.36. The summed E-state index contributed by atoms with van der Waals surface area (Å²) in [5.41, 5.74) is 0. The molecule has 0 N–H and O–H groups in total. The number of hydrogen-bond acceptors (Lipinski definition) is 2. The van der Waals surface area contributed by atoms with E-state index in [1.165, 1.54) is 24.3 Å². The summed E-state index contributed by atoms with van der Waals surface area (Å²) in [5.74, 6) is 0.359. The predicted molar refractivity (Wildman–Crippen MR) is 49.5 cm³/mol. The van der Waals surface area contributed by atoms with Gasteiger partial charge in [0.05, 0.1) is 6.61 Å². The first-order chi connectivity index (χ1) is 7.16. The van der Waals surface area contributed by atoms with Crippen LogP contribution in [0.5, 0.6) is 5.75 Å². The summed E-state index contributed by atoms with van der Waals surface area (Å²) < 4.78 is 34.9. The number of benzene rings is 1. The molecule has 0 unspecified atom stereocenters. The van der Waals surface area contributed by atoms with Crippen LogP contribution in [-0.2, 0) is 4.74 Å². The fourth-order valence-electron chi connectivity index (χ4n) is 1.11. The van der Waals surface area contributed by atoms with Gasteiger partial charge in [-0.15, -0.1) is 8.78 Å². The van der Waals surface area contributed by atoms with Gasteiger partial charge in [0.2, 0.25) is 0 Å². The largest absolute Gasteiger partial charge is 0.535 e. The molecule has 0 atom stereocenters. The Morgan fingerprint density at radius 2 is 2.00 bits per heavy atom. The Morgan fingerprint density at radius 3 is 2.60 bits per heavy atom. The van der Waals surface area contributed by atoms with E-state index in [2.05, 4.69) is 15.5 Å². The van der Waals surface area contributed by atoms with E-state index in [0.717, 1.165) is 12.8 Å². The van der Waals surface area contributed by atoms with Crippen molar-refractivity contribution in [1.29, 1.82) is 0 Å². The molecule has 0 spiro atoms. The lowest BCUT2D eigenvalue weighted by atomic mass is 10.3. The predicted octanol–water partition coefficient (Wildman–Crippen LogP) is 2.84. The zero-order valence-electron chi connectivity index (χ0n) is 8.08. The van der Waals surface area contributed by atoms with Crippen LogP contribution in [0, 0.1) is 12.0 Å². The molecule has 0 amide bonds. The van der Waals surface area contributed by atoms with E-state index in [1.807, 2.05) is 0 Å². The molecule has 2 rings (SSSR count). The van der Waals surface area contributed by atoms with Crippen molar-refractivity contribution in [3.63, 3.8) is 0 Å². The highest BCUT2D eigenvalue weighted by Crippen LogP contribution is 2.31.